The molecule has 0 saturated carbocycles. The normalized spacial score (nSPS) is 9.95. The molecule has 0 saturated heterocycles. The Bertz CT molecular complexity index is 509. The SMILES string of the molecule is CCOC(=O)C(=O)Nc1cc(CC)c(C(=O)OCC)s1. The highest BCUT2D eigenvalue weighted by atomic mass is 32.1. The van der Waals surface area contributed by atoms with E-state index in [1.54, 1.807) is 19.9 Å². The van der Waals surface area contributed by atoms with Crippen LogP contribution in [0.5, 0.6) is 0 Å². The lowest BCUT2D eigenvalue weighted by molar-refractivity contribution is -0.152. The standard InChI is InChI=1S/C13H17NO5S/c1-4-8-7-9(14-11(15)13(17)19-6-3)20-10(8)12(16)18-5-2/h7H,4-6H2,1-3H3,(H,14,15). The van der Waals surface area contributed by atoms with Crippen LogP contribution in [-0.2, 0) is 25.5 Å². The summed E-state index contributed by atoms with van der Waals surface area (Å²) in [5.74, 6) is -2.23. The van der Waals surface area contributed by atoms with E-state index in [-0.39, 0.29) is 13.2 Å². The molecule has 0 atom stereocenters. The number of thiophene rings is 1. The van der Waals surface area contributed by atoms with Crippen molar-refractivity contribution in [3.05, 3.63) is 16.5 Å². The van der Waals surface area contributed by atoms with E-state index < -0.39 is 17.8 Å². The zero-order valence-electron chi connectivity index (χ0n) is 11.6. The average molecular weight is 299 g/mol. The zero-order valence-corrected chi connectivity index (χ0v) is 12.5. The highest BCUT2D eigenvalue weighted by Gasteiger charge is 2.20. The van der Waals surface area contributed by atoms with Gasteiger partial charge in [0.2, 0.25) is 0 Å². The number of amides is 1. The number of hydrogen-bond donors (Lipinski definition) is 1. The second kappa shape index (κ2) is 7.64. The van der Waals surface area contributed by atoms with E-state index in [4.69, 9.17) is 4.74 Å². The lowest BCUT2D eigenvalue weighted by Crippen LogP contribution is -2.24. The third-order valence-electron chi connectivity index (χ3n) is 2.35. The van der Waals surface area contributed by atoms with Gasteiger partial charge in [-0.15, -0.1) is 11.3 Å². The molecule has 0 unspecified atom stereocenters. The summed E-state index contributed by atoms with van der Waals surface area (Å²) in [4.78, 5) is 34.9. The molecule has 0 aliphatic carbocycles. The summed E-state index contributed by atoms with van der Waals surface area (Å²) >= 11 is 1.08. The second-order valence-electron chi connectivity index (χ2n) is 3.71. The molecule has 0 aliphatic rings. The largest absolute Gasteiger partial charge is 0.462 e. The van der Waals surface area contributed by atoms with Crippen molar-refractivity contribution < 1.29 is 23.9 Å². The van der Waals surface area contributed by atoms with Crippen molar-refractivity contribution in [3.63, 3.8) is 0 Å². The monoisotopic (exact) mass is 299 g/mol. The summed E-state index contributed by atoms with van der Waals surface area (Å²) in [7, 11) is 0. The number of nitrogens with one attached hydrogen (secondary N) is 1. The van der Waals surface area contributed by atoms with Gasteiger partial charge in [-0.1, -0.05) is 6.92 Å². The molecule has 0 aliphatic heterocycles. The van der Waals surface area contributed by atoms with E-state index in [2.05, 4.69) is 10.1 Å². The van der Waals surface area contributed by atoms with Crippen LogP contribution in [-0.4, -0.2) is 31.1 Å². The first-order valence-electron chi connectivity index (χ1n) is 6.31. The van der Waals surface area contributed by atoms with Crippen molar-refractivity contribution in [3.8, 4) is 0 Å². The maximum Gasteiger partial charge on any atom is 0.397 e. The van der Waals surface area contributed by atoms with Crippen molar-refractivity contribution in [2.45, 2.75) is 27.2 Å². The van der Waals surface area contributed by atoms with E-state index >= 15 is 0 Å². The van der Waals surface area contributed by atoms with Gasteiger partial charge in [-0.2, -0.15) is 0 Å². The molecule has 1 rings (SSSR count). The quantitative estimate of drug-likeness (QED) is 0.664. The molecular formula is C13H17NO5S. The predicted octanol–water partition coefficient (Wildman–Crippen LogP) is 1.99. The zero-order chi connectivity index (χ0) is 15.1. The van der Waals surface area contributed by atoms with Gasteiger partial charge in [-0.25, -0.2) is 9.59 Å². The molecule has 20 heavy (non-hydrogen) atoms. The van der Waals surface area contributed by atoms with Crippen molar-refractivity contribution >= 4 is 34.2 Å². The van der Waals surface area contributed by atoms with Gasteiger partial charge in [0.25, 0.3) is 0 Å². The Labute approximate surface area is 121 Å². The number of rotatable bonds is 5. The fraction of sp³-hybridized carbons (Fsp3) is 0.462. The lowest BCUT2D eigenvalue weighted by atomic mass is 10.2. The summed E-state index contributed by atoms with van der Waals surface area (Å²) in [6.07, 6.45) is 0.625. The summed E-state index contributed by atoms with van der Waals surface area (Å²) in [6, 6.07) is 1.66. The molecule has 7 heteroatoms. The molecule has 0 radical (unpaired) electrons. The van der Waals surface area contributed by atoms with Crippen LogP contribution in [0.15, 0.2) is 6.07 Å². The van der Waals surface area contributed by atoms with E-state index in [0.29, 0.717) is 16.3 Å². The minimum atomic E-state index is -0.948. The van der Waals surface area contributed by atoms with Crippen molar-refractivity contribution in [1.82, 2.24) is 0 Å². The van der Waals surface area contributed by atoms with Gasteiger partial charge in [0.1, 0.15) is 4.88 Å². The van der Waals surface area contributed by atoms with Crippen LogP contribution in [0.4, 0.5) is 5.00 Å². The van der Waals surface area contributed by atoms with Crippen LogP contribution in [0, 0.1) is 0 Å². The Hall–Kier alpha value is -1.89. The molecule has 0 aromatic carbocycles. The van der Waals surface area contributed by atoms with Gasteiger partial charge < -0.3 is 14.8 Å². The maximum atomic E-state index is 11.7. The molecule has 0 bridgehead atoms. The summed E-state index contributed by atoms with van der Waals surface area (Å²) in [6.45, 7) is 5.64. The second-order valence-corrected chi connectivity index (χ2v) is 4.77. The van der Waals surface area contributed by atoms with Crippen molar-refractivity contribution in [2.24, 2.45) is 0 Å². The third-order valence-corrected chi connectivity index (χ3v) is 3.42. The Morgan fingerprint density at radius 1 is 1.15 bits per heavy atom. The lowest BCUT2D eigenvalue weighted by Gasteiger charge is -2.01. The van der Waals surface area contributed by atoms with E-state index in [1.165, 1.54) is 0 Å². The molecule has 1 N–H and O–H groups in total. The topological polar surface area (TPSA) is 81.7 Å². The van der Waals surface area contributed by atoms with Crippen LogP contribution in [0.25, 0.3) is 0 Å². The van der Waals surface area contributed by atoms with Crippen LogP contribution in [0.2, 0.25) is 0 Å². The number of carbonyl (C=O) groups is 3. The fourth-order valence-corrected chi connectivity index (χ4v) is 2.52. The van der Waals surface area contributed by atoms with E-state index in [1.807, 2.05) is 6.92 Å². The first-order chi connectivity index (χ1) is 9.53. The highest BCUT2D eigenvalue weighted by molar-refractivity contribution is 7.18. The van der Waals surface area contributed by atoms with Crippen LogP contribution in [0.3, 0.4) is 0 Å². The molecule has 6 nitrogen and oxygen atoms in total. The van der Waals surface area contributed by atoms with Crippen molar-refractivity contribution in [1.29, 1.82) is 0 Å². The van der Waals surface area contributed by atoms with Gasteiger partial charge in [0.15, 0.2) is 0 Å². The van der Waals surface area contributed by atoms with Gasteiger partial charge in [0.05, 0.1) is 18.2 Å². The highest BCUT2D eigenvalue weighted by Crippen LogP contribution is 2.28. The number of anilines is 1. The Kier molecular flexibility index (Phi) is 6.17. The summed E-state index contributed by atoms with van der Waals surface area (Å²) in [5.41, 5.74) is 0.771. The van der Waals surface area contributed by atoms with Gasteiger partial charge >= 0.3 is 17.8 Å². The number of ether oxygens (including phenoxy) is 2. The molecular weight excluding hydrogens is 282 g/mol. The van der Waals surface area contributed by atoms with Gasteiger partial charge in [-0.05, 0) is 31.9 Å². The molecule has 110 valence electrons. The van der Waals surface area contributed by atoms with Gasteiger partial charge in [-0.3, -0.25) is 4.79 Å². The minimum absolute atomic E-state index is 0.130. The van der Waals surface area contributed by atoms with Gasteiger partial charge in [0, 0.05) is 0 Å². The average Bonchev–Trinajstić information content (AvgIpc) is 2.82. The first kappa shape index (κ1) is 16.2. The maximum absolute atomic E-state index is 11.7. The predicted molar refractivity (Wildman–Crippen MR) is 74.9 cm³/mol. The molecule has 0 spiro atoms. The third kappa shape index (κ3) is 4.06. The molecule has 0 fully saturated rings. The molecule has 1 amide bonds. The summed E-state index contributed by atoms with van der Waals surface area (Å²) < 4.78 is 9.53. The Morgan fingerprint density at radius 2 is 1.80 bits per heavy atom. The number of aryl methyl sites for hydroxylation is 1. The Morgan fingerprint density at radius 3 is 2.35 bits per heavy atom. The summed E-state index contributed by atoms with van der Waals surface area (Å²) in [5, 5.41) is 2.84. The first-order valence-corrected chi connectivity index (χ1v) is 7.12. The smallest absolute Gasteiger partial charge is 0.397 e. The van der Waals surface area contributed by atoms with E-state index in [9.17, 15) is 14.4 Å². The molecule has 1 aromatic rings. The number of carbonyl (C=O) groups excluding carboxylic acids is 3. The van der Waals surface area contributed by atoms with Crippen LogP contribution in [0.1, 0.15) is 36.0 Å². The minimum Gasteiger partial charge on any atom is -0.462 e. The number of hydrogen-bond acceptors (Lipinski definition) is 6. The number of esters is 2. The Balaban J connectivity index is 2.85. The molecule has 1 aromatic heterocycles. The molecule has 1 heterocycles. The van der Waals surface area contributed by atoms with Crippen LogP contribution >= 0.6 is 11.3 Å². The fourth-order valence-electron chi connectivity index (χ4n) is 1.48. The van der Waals surface area contributed by atoms with Crippen LogP contribution < -0.4 is 5.32 Å². The van der Waals surface area contributed by atoms with E-state index in [0.717, 1.165) is 16.9 Å². The van der Waals surface area contributed by atoms with Crippen molar-refractivity contribution in [2.75, 3.05) is 18.5 Å².